The fourth-order valence-corrected chi connectivity index (χ4v) is 2.99. The Morgan fingerprint density at radius 1 is 1.37 bits per heavy atom. The van der Waals surface area contributed by atoms with Crippen LogP contribution in [0.3, 0.4) is 0 Å². The predicted molar refractivity (Wildman–Crippen MR) is 101 cm³/mol. The summed E-state index contributed by atoms with van der Waals surface area (Å²) in [6, 6.07) is 8.22. The second-order valence-electron chi connectivity index (χ2n) is 5.72. The highest BCUT2D eigenvalue weighted by atomic mass is 32.2. The SMILES string of the molecule is Cc1ccc(NC(=O)[C@@H](C)Sc2n[nH]c(-c3cccnc3)n2)cc1[N+](=O)[O-]. The van der Waals surface area contributed by atoms with Gasteiger partial charge in [0.25, 0.3) is 5.69 Å². The van der Waals surface area contributed by atoms with Gasteiger partial charge in [-0.25, -0.2) is 4.98 Å². The molecule has 3 rings (SSSR count). The number of nitrogens with zero attached hydrogens (tertiary/aromatic N) is 4. The molecule has 9 nitrogen and oxygen atoms in total. The molecule has 0 unspecified atom stereocenters. The van der Waals surface area contributed by atoms with Crippen LogP contribution in [-0.4, -0.2) is 36.2 Å². The number of H-pyrrole nitrogens is 1. The number of carbonyl (C=O) groups is 1. The minimum absolute atomic E-state index is 0.0387. The van der Waals surface area contributed by atoms with Crippen LogP contribution < -0.4 is 5.32 Å². The van der Waals surface area contributed by atoms with Gasteiger partial charge in [-0.2, -0.15) is 0 Å². The number of hydrogen-bond donors (Lipinski definition) is 2. The molecule has 0 bridgehead atoms. The summed E-state index contributed by atoms with van der Waals surface area (Å²) >= 11 is 1.18. The summed E-state index contributed by atoms with van der Waals surface area (Å²) in [5.41, 5.74) is 1.66. The largest absolute Gasteiger partial charge is 0.325 e. The molecule has 0 aliphatic rings. The highest BCUT2D eigenvalue weighted by Gasteiger charge is 2.19. The average molecular weight is 384 g/mol. The molecule has 27 heavy (non-hydrogen) atoms. The van der Waals surface area contributed by atoms with Gasteiger partial charge in [0.15, 0.2) is 5.82 Å². The number of hydrogen-bond acceptors (Lipinski definition) is 7. The number of nitro groups is 1. The lowest BCUT2D eigenvalue weighted by Crippen LogP contribution is -2.22. The molecule has 1 atom stereocenters. The first-order chi connectivity index (χ1) is 12.9. The number of nitro benzene ring substituents is 1. The molecule has 10 heteroatoms. The van der Waals surface area contributed by atoms with Crippen molar-refractivity contribution in [1.29, 1.82) is 0 Å². The third kappa shape index (κ3) is 4.47. The summed E-state index contributed by atoms with van der Waals surface area (Å²) < 4.78 is 0. The molecule has 1 aromatic carbocycles. The molecule has 0 saturated carbocycles. The van der Waals surface area contributed by atoms with Crippen LogP contribution in [0.2, 0.25) is 0 Å². The van der Waals surface area contributed by atoms with Crippen molar-refractivity contribution in [2.45, 2.75) is 24.3 Å². The van der Waals surface area contributed by atoms with E-state index in [4.69, 9.17) is 0 Å². The monoisotopic (exact) mass is 384 g/mol. The van der Waals surface area contributed by atoms with Crippen molar-refractivity contribution in [2.75, 3.05) is 5.32 Å². The van der Waals surface area contributed by atoms with E-state index in [1.54, 1.807) is 44.4 Å². The van der Waals surface area contributed by atoms with E-state index >= 15 is 0 Å². The van der Waals surface area contributed by atoms with Crippen molar-refractivity contribution in [3.05, 3.63) is 58.4 Å². The molecule has 2 heterocycles. The van der Waals surface area contributed by atoms with Crippen molar-refractivity contribution in [3.8, 4) is 11.4 Å². The summed E-state index contributed by atoms with van der Waals surface area (Å²) in [7, 11) is 0. The molecular weight excluding hydrogens is 368 g/mol. The summed E-state index contributed by atoms with van der Waals surface area (Å²) in [5, 5.41) is 20.5. The van der Waals surface area contributed by atoms with E-state index in [1.807, 2.05) is 6.07 Å². The molecule has 2 N–H and O–H groups in total. The summed E-state index contributed by atoms with van der Waals surface area (Å²) in [6.45, 7) is 3.36. The van der Waals surface area contributed by atoms with E-state index in [1.165, 1.54) is 17.8 Å². The Kier molecular flexibility index (Phi) is 5.46. The van der Waals surface area contributed by atoms with Gasteiger partial charge >= 0.3 is 0 Å². The Labute approximate surface area is 158 Å². The van der Waals surface area contributed by atoms with Crippen LogP contribution in [0.15, 0.2) is 47.9 Å². The van der Waals surface area contributed by atoms with Crippen molar-refractivity contribution in [2.24, 2.45) is 0 Å². The predicted octanol–water partition coefficient (Wildman–Crippen LogP) is 3.20. The number of nitrogens with one attached hydrogen (secondary N) is 2. The van der Waals surface area contributed by atoms with E-state index in [2.05, 4.69) is 25.5 Å². The lowest BCUT2D eigenvalue weighted by molar-refractivity contribution is -0.385. The van der Waals surface area contributed by atoms with E-state index in [9.17, 15) is 14.9 Å². The number of thioether (sulfide) groups is 1. The van der Waals surface area contributed by atoms with Gasteiger partial charge in [-0.1, -0.05) is 17.8 Å². The number of aryl methyl sites for hydroxylation is 1. The smallest absolute Gasteiger partial charge is 0.274 e. The summed E-state index contributed by atoms with van der Waals surface area (Å²) in [4.78, 5) is 31.3. The lowest BCUT2D eigenvalue weighted by Gasteiger charge is -2.10. The Balaban J connectivity index is 1.65. The summed E-state index contributed by atoms with van der Waals surface area (Å²) in [6.07, 6.45) is 3.33. The van der Waals surface area contributed by atoms with Gasteiger partial charge in [0.05, 0.1) is 10.2 Å². The van der Waals surface area contributed by atoms with Crippen LogP contribution in [0.4, 0.5) is 11.4 Å². The number of aromatic amines is 1. The highest BCUT2D eigenvalue weighted by Crippen LogP contribution is 2.25. The minimum atomic E-state index is -0.497. The second kappa shape index (κ2) is 7.96. The quantitative estimate of drug-likeness (QED) is 0.379. The van der Waals surface area contributed by atoms with Gasteiger partial charge < -0.3 is 5.32 Å². The van der Waals surface area contributed by atoms with Crippen LogP contribution in [0.5, 0.6) is 0 Å². The molecule has 2 aromatic heterocycles. The molecule has 0 saturated heterocycles. The first-order valence-corrected chi connectivity index (χ1v) is 8.87. The number of aromatic nitrogens is 4. The van der Waals surface area contributed by atoms with Crippen LogP contribution in [-0.2, 0) is 4.79 Å². The van der Waals surface area contributed by atoms with E-state index in [0.29, 0.717) is 22.2 Å². The van der Waals surface area contributed by atoms with Crippen molar-refractivity contribution >= 4 is 29.0 Å². The van der Waals surface area contributed by atoms with Crippen molar-refractivity contribution in [1.82, 2.24) is 20.2 Å². The maximum Gasteiger partial charge on any atom is 0.274 e. The second-order valence-corrected chi connectivity index (χ2v) is 7.02. The molecule has 138 valence electrons. The molecule has 0 fully saturated rings. The Morgan fingerprint density at radius 2 is 2.19 bits per heavy atom. The number of amides is 1. The standard InChI is InChI=1S/C17H16N6O3S/c1-10-5-6-13(8-14(10)23(25)26)19-16(24)11(2)27-17-20-15(21-22-17)12-4-3-7-18-9-12/h3-9,11H,1-2H3,(H,19,24)(H,20,21,22)/t11-/m1/s1. The molecule has 1 amide bonds. The molecule has 0 spiro atoms. The third-order valence-corrected chi connectivity index (χ3v) is 4.69. The molecule has 3 aromatic rings. The Morgan fingerprint density at radius 3 is 2.89 bits per heavy atom. The van der Waals surface area contributed by atoms with Gasteiger partial charge in [0.1, 0.15) is 0 Å². The van der Waals surface area contributed by atoms with Gasteiger partial charge in [-0.3, -0.25) is 25.0 Å². The highest BCUT2D eigenvalue weighted by molar-refractivity contribution is 8.00. The van der Waals surface area contributed by atoms with Crippen LogP contribution >= 0.6 is 11.8 Å². The number of rotatable bonds is 6. The number of anilines is 1. The number of carbonyl (C=O) groups excluding carboxylic acids is 1. The van der Waals surface area contributed by atoms with Gasteiger partial charge in [0.2, 0.25) is 11.1 Å². The Hall–Kier alpha value is -3.27. The molecule has 0 aliphatic heterocycles. The van der Waals surface area contributed by atoms with E-state index < -0.39 is 10.2 Å². The zero-order valence-corrected chi connectivity index (χ0v) is 15.4. The Bertz CT molecular complexity index is 976. The number of benzene rings is 1. The fraction of sp³-hybridized carbons (Fsp3) is 0.176. The molecule has 0 radical (unpaired) electrons. The fourth-order valence-electron chi connectivity index (χ4n) is 2.27. The van der Waals surface area contributed by atoms with Gasteiger partial charge in [-0.15, -0.1) is 5.10 Å². The zero-order valence-electron chi connectivity index (χ0n) is 14.5. The van der Waals surface area contributed by atoms with Gasteiger partial charge in [0, 0.05) is 35.3 Å². The first-order valence-electron chi connectivity index (χ1n) is 7.99. The van der Waals surface area contributed by atoms with E-state index in [0.717, 1.165) is 5.56 Å². The van der Waals surface area contributed by atoms with Crippen LogP contribution in [0.1, 0.15) is 12.5 Å². The average Bonchev–Trinajstić information content (AvgIpc) is 3.12. The zero-order chi connectivity index (χ0) is 19.4. The van der Waals surface area contributed by atoms with Gasteiger partial charge in [-0.05, 0) is 32.0 Å². The topological polar surface area (TPSA) is 127 Å². The minimum Gasteiger partial charge on any atom is -0.325 e. The first kappa shape index (κ1) is 18.5. The normalized spacial score (nSPS) is 11.8. The maximum absolute atomic E-state index is 12.4. The number of pyridine rings is 1. The summed E-state index contributed by atoms with van der Waals surface area (Å²) in [5.74, 6) is 0.262. The van der Waals surface area contributed by atoms with Crippen LogP contribution in [0, 0.1) is 17.0 Å². The van der Waals surface area contributed by atoms with E-state index in [-0.39, 0.29) is 11.6 Å². The molecular formula is C17H16N6O3S. The van der Waals surface area contributed by atoms with Crippen molar-refractivity contribution in [3.63, 3.8) is 0 Å². The van der Waals surface area contributed by atoms with Crippen LogP contribution in [0.25, 0.3) is 11.4 Å². The third-order valence-electron chi connectivity index (χ3n) is 3.72. The van der Waals surface area contributed by atoms with Crippen molar-refractivity contribution < 1.29 is 9.72 Å². The molecule has 0 aliphatic carbocycles. The lowest BCUT2D eigenvalue weighted by atomic mass is 10.2. The maximum atomic E-state index is 12.4.